The zero-order valence-corrected chi connectivity index (χ0v) is 13.9. The molecule has 21 heavy (non-hydrogen) atoms. The Kier molecular flexibility index (Phi) is 6.87. The van der Waals surface area contributed by atoms with E-state index in [4.69, 9.17) is 14.2 Å². The largest absolute Gasteiger partial charge is 0.465 e. The van der Waals surface area contributed by atoms with Gasteiger partial charge in [-0.2, -0.15) is 0 Å². The molecule has 118 valence electrons. The Morgan fingerprint density at radius 2 is 1.76 bits per heavy atom. The van der Waals surface area contributed by atoms with Crippen LogP contribution in [0.25, 0.3) is 0 Å². The lowest BCUT2D eigenvalue weighted by atomic mass is 9.87. The van der Waals surface area contributed by atoms with Crippen molar-refractivity contribution in [2.45, 2.75) is 27.2 Å². The lowest BCUT2D eigenvalue weighted by Crippen LogP contribution is -2.37. The van der Waals surface area contributed by atoms with Crippen LogP contribution in [0.3, 0.4) is 0 Å². The summed E-state index contributed by atoms with van der Waals surface area (Å²) in [6, 6.07) is 0. The Morgan fingerprint density at radius 1 is 1.24 bits per heavy atom. The smallest absolute Gasteiger partial charge is 0.321 e. The highest BCUT2D eigenvalue weighted by molar-refractivity contribution is 9.11. The van der Waals surface area contributed by atoms with Crippen molar-refractivity contribution < 1.29 is 28.6 Å². The second-order valence-electron chi connectivity index (χ2n) is 4.35. The molecule has 0 radical (unpaired) electrons. The van der Waals surface area contributed by atoms with E-state index in [0.717, 1.165) is 4.48 Å². The van der Waals surface area contributed by atoms with Gasteiger partial charge in [0.1, 0.15) is 12.5 Å². The Hall–Kier alpha value is -1.37. The summed E-state index contributed by atoms with van der Waals surface area (Å²) in [4.78, 5) is 36.1. The van der Waals surface area contributed by atoms with Gasteiger partial charge in [0.15, 0.2) is 5.92 Å². The fourth-order valence-corrected chi connectivity index (χ4v) is 2.48. The molecular weight excluding hydrogens is 344 g/mol. The van der Waals surface area contributed by atoms with Crippen LogP contribution in [0.2, 0.25) is 0 Å². The average molecular weight is 363 g/mol. The van der Waals surface area contributed by atoms with Crippen molar-refractivity contribution in [2.24, 2.45) is 11.8 Å². The Labute approximate surface area is 131 Å². The fourth-order valence-electron chi connectivity index (χ4n) is 2.11. The molecule has 6 nitrogen and oxygen atoms in total. The highest BCUT2D eigenvalue weighted by Gasteiger charge is 2.48. The van der Waals surface area contributed by atoms with Gasteiger partial charge in [0.2, 0.25) is 0 Å². The van der Waals surface area contributed by atoms with Crippen LogP contribution in [-0.2, 0) is 28.6 Å². The maximum Gasteiger partial charge on any atom is 0.321 e. The highest BCUT2D eigenvalue weighted by atomic mass is 79.9. The molecule has 0 saturated carbocycles. The summed E-state index contributed by atoms with van der Waals surface area (Å²) in [5, 5.41) is 0. The van der Waals surface area contributed by atoms with E-state index in [1.165, 1.54) is 0 Å². The third-order valence-electron chi connectivity index (χ3n) is 3.07. The van der Waals surface area contributed by atoms with Gasteiger partial charge in [0.25, 0.3) is 0 Å². The molecule has 1 saturated heterocycles. The van der Waals surface area contributed by atoms with E-state index in [0.29, 0.717) is 12.0 Å². The van der Waals surface area contributed by atoms with Crippen LogP contribution in [0.5, 0.6) is 0 Å². The molecule has 1 unspecified atom stereocenters. The third-order valence-corrected chi connectivity index (χ3v) is 4.14. The van der Waals surface area contributed by atoms with Gasteiger partial charge in [0, 0.05) is 0 Å². The van der Waals surface area contributed by atoms with E-state index < -0.39 is 29.7 Å². The zero-order valence-electron chi connectivity index (χ0n) is 12.3. The van der Waals surface area contributed by atoms with E-state index >= 15 is 0 Å². The Morgan fingerprint density at radius 3 is 2.19 bits per heavy atom. The molecule has 0 aromatic heterocycles. The highest BCUT2D eigenvalue weighted by Crippen LogP contribution is 2.35. The lowest BCUT2D eigenvalue weighted by Gasteiger charge is -2.19. The first-order valence-corrected chi connectivity index (χ1v) is 7.64. The molecule has 1 rings (SSSR count). The van der Waals surface area contributed by atoms with Crippen molar-refractivity contribution in [1.82, 2.24) is 0 Å². The van der Waals surface area contributed by atoms with Gasteiger partial charge in [-0.1, -0.05) is 22.9 Å². The van der Waals surface area contributed by atoms with Crippen LogP contribution >= 0.6 is 15.9 Å². The monoisotopic (exact) mass is 362 g/mol. The Balaban J connectivity index is 3.19. The number of allylic oxidation sites excluding steroid dienone is 1. The summed E-state index contributed by atoms with van der Waals surface area (Å²) in [7, 11) is 0. The zero-order chi connectivity index (χ0) is 16.0. The van der Waals surface area contributed by atoms with E-state index in [-0.39, 0.29) is 19.8 Å². The summed E-state index contributed by atoms with van der Waals surface area (Å²) in [5.41, 5.74) is 0.591. The van der Waals surface area contributed by atoms with Crippen LogP contribution < -0.4 is 0 Å². The minimum atomic E-state index is -1.33. The van der Waals surface area contributed by atoms with Crippen LogP contribution in [0, 0.1) is 11.8 Å². The molecular formula is C14H19BrO6. The van der Waals surface area contributed by atoms with Gasteiger partial charge in [-0.05, 0) is 30.3 Å². The lowest BCUT2D eigenvalue weighted by molar-refractivity contribution is -0.167. The number of halogens is 1. The summed E-state index contributed by atoms with van der Waals surface area (Å²) < 4.78 is 15.6. The van der Waals surface area contributed by atoms with Gasteiger partial charge in [-0.25, -0.2) is 0 Å². The van der Waals surface area contributed by atoms with Crippen LogP contribution in [0.4, 0.5) is 0 Å². The van der Waals surface area contributed by atoms with Crippen molar-refractivity contribution in [1.29, 1.82) is 0 Å². The maximum atomic E-state index is 12.1. The molecule has 1 heterocycles. The Bertz CT molecular complexity index is 438. The number of carbonyl (C=O) groups is 3. The predicted octanol–water partition coefficient (Wildman–Crippen LogP) is 1.96. The number of esters is 3. The summed E-state index contributed by atoms with van der Waals surface area (Å²) in [5.74, 6) is -4.46. The van der Waals surface area contributed by atoms with Crippen molar-refractivity contribution in [3.63, 3.8) is 0 Å². The fraction of sp³-hybridized carbons (Fsp3) is 0.643. The van der Waals surface area contributed by atoms with Gasteiger partial charge in [0.05, 0.1) is 13.2 Å². The topological polar surface area (TPSA) is 78.9 Å². The van der Waals surface area contributed by atoms with E-state index in [1.807, 2.05) is 6.92 Å². The summed E-state index contributed by atoms with van der Waals surface area (Å²) in [6.45, 7) is 5.44. The van der Waals surface area contributed by atoms with Crippen molar-refractivity contribution in [3.8, 4) is 0 Å². The number of hydrogen-bond acceptors (Lipinski definition) is 6. The first-order valence-electron chi connectivity index (χ1n) is 6.85. The first kappa shape index (κ1) is 17.7. The summed E-state index contributed by atoms with van der Waals surface area (Å²) in [6.07, 6.45) is 0.626. The molecule has 1 aliphatic heterocycles. The molecule has 0 aliphatic carbocycles. The quantitative estimate of drug-likeness (QED) is 0.408. The van der Waals surface area contributed by atoms with Gasteiger partial charge < -0.3 is 14.2 Å². The molecule has 0 aromatic rings. The molecule has 0 N–H and O–H groups in total. The van der Waals surface area contributed by atoms with Crippen molar-refractivity contribution in [3.05, 3.63) is 10.1 Å². The minimum absolute atomic E-state index is 0.0627. The van der Waals surface area contributed by atoms with E-state index in [9.17, 15) is 14.4 Å². The molecule has 1 atom stereocenters. The molecule has 1 aliphatic rings. The summed E-state index contributed by atoms with van der Waals surface area (Å²) >= 11 is 3.36. The third kappa shape index (κ3) is 4.06. The van der Waals surface area contributed by atoms with Crippen LogP contribution in [0.1, 0.15) is 27.2 Å². The van der Waals surface area contributed by atoms with E-state index in [2.05, 4.69) is 15.9 Å². The number of rotatable bonds is 6. The molecule has 7 heteroatoms. The second-order valence-corrected chi connectivity index (χ2v) is 5.31. The standard InChI is InChI=1S/C14H19BrO6/c1-4-9(15)8-7-21-12(16)10(8)11(13(17)19-5-2)14(18)20-6-3/h10-11H,4-7H2,1-3H3/b9-8+. The maximum absolute atomic E-state index is 12.1. The SMILES string of the molecule is CCOC(=O)C(C(=O)OCC)C1C(=O)OC/C1=C(\Br)CC. The molecule has 0 spiro atoms. The normalized spacial score (nSPS) is 20.2. The predicted molar refractivity (Wildman–Crippen MR) is 77.4 cm³/mol. The van der Waals surface area contributed by atoms with Crippen molar-refractivity contribution in [2.75, 3.05) is 19.8 Å². The van der Waals surface area contributed by atoms with Gasteiger partial charge in [-0.15, -0.1) is 0 Å². The number of cyclic esters (lactones) is 1. The molecule has 0 amide bonds. The van der Waals surface area contributed by atoms with Crippen LogP contribution in [0.15, 0.2) is 10.1 Å². The minimum Gasteiger partial charge on any atom is -0.465 e. The molecule has 0 bridgehead atoms. The number of carbonyl (C=O) groups excluding carboxylic acids is 3. The van der Waals surface area contributed by atoms with Gasteiger partial charge >= 0.3 is 17.9 Å². The molecule has 1 fully saturated rings. The van der Waals surface area contributed by atoms with Crippen molar-refractivity contribution >= 4 is 33.8 Å². The van der Waals surface area contributed by atoms with E-state index in [1.54, 1.807) is 13.8 Å². The first-order chi connectivity index (χ1) is 9.97. The average Bonchev–Trinajstić information content (AvgIpc) is 2.81. The molecule has 0 aromatic carbocycles. The van der Waals surface area contributed by atoms with Crippen LogP contribution in [-0.4, -0.2) is 37.7 Å². The second kappa shape index (κ2) is 8.17. The number of hydrogen-bond donors (Lipinski definition) is 0. The van der Waals surface area contributed by atoms with Gasteiger partial charge in [-0.3, -0.25) is 14.4 Å². The number of ether oxygens (including phenoxy) is 3.